The number of anilines is 1. The number of nitrogens with one attached hydrogen (secondary N) is 2. The fraction of sp³-hybridized carbons (Fsp3) is 0.294. The van der Waals surface area contributed by atoms with Gasteiger partial charge in [-0.25, -0.2) is 9.97 Å². The van der Waals surface area contributed by atoms with E-state index >= 15 is 0 Å². The van der Waals surface area contributed by atoms with Crippen molar-refractivity contribution in [2.75, 3.05) is 5.32 Å². The molecule has 2 aromatic rings. The topological polar surface area (TPSA) is 84.0 Å². The van der Waals surface area contributed by atoms with Crippen molar-refractivity contribution in [3.8, 4) is 0 Å². The Bertz CT molecular complexity index is 727. The number of para-hydroxylation sites is 1. The van der Waals surface area contributed by atoms with Gasteiger partial charge >= 0.3 is 0 Å². The van der Waals surface area contributed by atoms with Crippen molar-refractivity contribution in [1.82, 2.24) is 15.3 Å². The Labute approximate surface area is 135 Å². The van der Waals surface area contributed by atoms with E-state index in [4.69, 9.17) is 0 Å². The Kier molecular flexibility index (Phi) is 5.05. The molecule has 1 aromatic carbocycles. The number of nitrogens with zero attached hydrogens (tertiary/aromatic N) is 2. The lowest BCUT2D eigenvalue weighted by Gasteiger charge is -2.13. The van der Waals surface area contributed by atoms with Gasteiger partial charge in [0.25, 0.3) is 11.8 Å². The van der Waals surface area contributed by atoms with Crippen LogP contribution in [0.25, 0.3) is 0 Å². The number of benzene rings is 1. The SMILES string of the molecule is Cc1nc(C(=O)Nc2ccccc2)c(C(=O)NC(C)C)nc1C. The van der Waals surface area contributed by atoms with Crippen LogP contribution < -0.4 is 10.6 Å². The van der Waals surface area contributed by atoms with Gasteiger partial charge in [-0.05, 0) is 39.8 Å². The van der Waals surface area contributed by atoms with Gasteiger partial charge < -0.3 is 10.6 Å². The standard InChI is InChI=1S/C17H20N4O2/c1-10(2)18-16(22)14-15(20-12(4)11(3)19-14)17(23)21-13-8-6-5-7-9-13/h5-10H,1-4H3,(H,18,22)(H,21,23). The number of rotatable bonds is 4. The van der Waals surface area contributed by atoms with Crippen molar-refractivity contribution in [2.45, 2.75) is 33.7 Å². The first kappa shape index (κ1) is 16.6. The molecule has 0 spiro atoms. The maximum absolute atomic E-state index is 12.5. The average Bonchev–Trinajstić information content (AvgIpc) is 2.49. The summed E-state index contributed by atoms with van der Waals surface area (Å²) in [5.41, 5.74) is 1.93. The molecule has 2 rings (SSSR count). The van der Waals surface area contributed by atoms with E-state index in [1.54, 1.807) is 26.0 Å². The zero-order valence-electron chi connectivity index (χ0n) is 13.7. The minimum Gasteiger partial charge on any atom is -0.348 e. The second-order valence-electron chi connectivity index (χ2n) is 5.54. The number of aromatic nitrogens is 2. The first-order chi connectivity index (χ1) is 10.9. The minimum atomic E-state index is -0.458. The molecule has 0 bridgehead atoms. The fourth-order valence-corrected chi connectivity index (χ4v) is 1.96. The molecule has 0 unspecified atom stereocenters. The van der Waals surface area contributed by atoms with Gasteiger partial charge in [-0.15, -0.1) is 0 Å². The molecule has 0 atom stereocenters. The van der Waals surface area contributed by atoms with Gasteiger partial charge in [0.05, 0.1) is 11.4 Å². The van der Waals surface area contributed by atoms with Crippen molar-refractivity contribution in [3.63, 3.8) is 0 Å². The predicted octanol–water partition coefficient (Wildman–Crippen LogP) is 2.48. The lowest BCUT2D eigenvalue weighted by Crippen LogP contribution is -2.33. The number of carbonyl (C=O) groups is 2. The quantitative estimate of drug-likeness (QED) is 0.908. The molecule has 6 heteroatoms. The van der Waals surface area contributed by atoms with Crippen LogP contribution in [0.2, 0.25) is 0 Å². The highest BCUT2D eigenvalue weighted by atomic mass is 16.2. The zero-order chi connectivity index (χ0) is 17.0. The number of aryl methyl sites for hydroxylation is 2. The largest absolute Gasteiger partial charge is 0.348 e. The predicted molar refractivity (Wildman–Crippen MR) is 88.5 cm³/mol. The molecule has 0 saturated heterocycles. The summed E-state index contributed by atoms with van der Waals surface area (Å²) >= 11 is 0. The number of hydrogen-bond donors (Lipinski definition) is 2. The Morgan fingerprint density at radius 2 is 1.43 bits per heavy atom. The van der Waals surface area contributed by atoms with Crippen molar-refractivity contribution in [2.24, 2.45) is 0 Å². The van der Waals surface area contributed by atoms with Crippen LogP contribution >= 0.6 is 0 Å². The van der Waals surface area contributed by atoms with Crippen LogP contribution in [0, 0.1) is 13.8 Å². The van der Waals surface area contributed by atoms with E-state index in [1.807, 2.05) is 32.0 Å². The van der Waals surface area contributed by atoms with Crippen LogP contribution in [0.15, 0.2) is 30.3 Å². The summed E-state index contributed by atoms with van der Waals surface area (Å²) in [6.07, 6.45) is 0. The third-order valence-corrected chi connectivity index (χ3v) is 3.19. The van der Waals surface area contributed by atoms with Crippen LogP contribution in [-0.2, 0) is 0 Å². The summed E-state index contributed by atoms with van der Waals surface area (Å²) in [5.74, 6) is -0.866. The van der Waals surface area contributed by atoms with Crippen LogP contribution in [0.4, 0.5) is 5.69 Å². The number of amides is 2. The molecular formula is C17H20N4O2. The molecule has 1 aromatic heterocycles. The molecule has 1 heterocycles. The van der Waals surface area contributed by atoms with Gasteiger partial charge in [-0.3, -0.25) is 9.59 Å². The Hall–Kier alpha value is -2.76. The van der Waals surface area contributed by atoms with Gasteiger partial charge in [0.15, 0.2) is 11.4 Å². The zero-order valence-corrected chi connectivity index (χ0v) is 13.7. The van der Waals surface area contributed by atoms with Crippen LogP contribution in [0.3, 0.4) is 0 Å². The molecule has 0 aliphatic heterocycles. The van der Waals surface area contributed by atoms with Crippen LogP contribution in [0.1, 0.15) is 46.2 Å². The second-order valence-corrected chi connectivity index (χ2v) is 5.54. The molecule has 2 amide bonds. The van der Waals surface area contributed by atoms with E-state index < -0.39 is 11.8 Å². The summed E-state index contributed by atoms with van der Waals surface area (Å²) in [5, 5.41) is 5.48. The normalized spacial score (nSPS) is 10.5. The number of carbonyl (C=O) groups excluding carboxylic acids is 2. The smallest absolute Gasteiger partial charge is 0.276 e. The first-order valence-electron chi connectivity index (χ1n) is 7.41. The van der Waals surface area contributed by atoms with Gasteiger partial charge in [0.1, 0.15) is 0 Å². The summed E-state index contributed by atoms with van der Waals surface area (Å²) < 4.78 is 0. The van der Waals surface area contributed by atoms with E-state index in [-0.39, 0.29) is 17.4 Å². The monoisotopic (exact) mass is 312 g/mol. The third-order valence-electron chi connectivity index (χ3n) is 3.19. The highest BCUT2D eigenvalue weighted by Crippen LogP contribution is 2.12. The van der Waals surface area contributed by atoms with Crippen LogP contribution in [-0.4, -0.2) is 27.8 Å². The second kappa shape index (κ2) is 7.00. The molecule has 0 radical (unpaired) electrons. The molecule has 0 aliphatic rings. The summed E-state index contributed by atoms with van der Waals surface area (Å²) in [7, 11) is 0. The van der Waals surface area contributed by atoms with E-state index in [0.29, 0.717) is 17.1 Å². The molecule has 23 heavy (non-hydrogen) atoms. The molecule has 120 valence electrons. The molecule has 0 saturated carbocycles. The lowest BCUT2D eigenvalue weighted by molar-refractivity contribution is 0.0923. The van der Waals surface area contributed by atoms with Crippen molar-refractivity contribution in [3.05, 3.63) is 53.1 Å². The summed E-state index contributed by atoms with van der Waals surface area (Å²) in [4.78, 5) is 33.3. The molecule has 2 N–H and O–H groups in total. The molecule has 0 fully saturated rings. The van der Waals surface area contributed by atoms with E-state index in [2.05, 4.69) is 20.6 Å². The minimum absolute atomic E-state index is 0.0232. The lowest BCUT2D eigenvalue weighted by atomic mass is 10.2. The van der Waals surface area contributed by atoms with E-state index in [0.717, 1.165) is 0 Å². The summed E-state index contributed by atoms with van der Waals surface area (Å²) in [6, 6.07) is 8.95. The van der Waals surface area contributed by atoms with Crippen molar-refractivity contribution >= 4 is 17.5 Å². The average molecular weight is 312 g/mol. The van der Waals surface area contributed by atoms with Gasteiger partial charge in [0.2, 0.25) is 0 Å². The Balaban J connectivity index is 2.37. The van der Waals surface area contributed by atoms with Crippen molar-refractivity contribution < 1.29 is 9.59 Å². The maximum atomic E-state index is 12.5. The highest BCUT2D eigenvalue weighted by Gasteiger charge is 2.22. The van der Waals surface area contributed by atoms with E-state index in [1.165, 1.54) is 0 Å². The fourth-order valence-electron chi connectivity index (χ4n) is 1.96. The van der Waals surface area contributed by atoms with Crippen molar-refractivity contribution in [1.29, 1.82) is 0 Å². The summed E-state index contributed by atoms with van der Waals surface area (Å²) in [6.45, 7) is 7.20. The van der Waals surface area contributed by atoms with Crippen LogP contribution in [0.5, 0.6) is 0 Å². The van der Waals surface area contributed by atoms with E-state index in [9.17, 15) is 9.59 Å². The Morgan fingerprint density at radius 3 is 1.96 bits per heavy atom. The van der Waals surface area contributed by atoms with Gasteiger partial charge in [0, 0.05) is 11.7 Å². The Morgan fingerprint density at radius 1 is 0.913 bits per heavy atom. The van der Waals surface area contributed by atoms with Gasteiger partial charge in [-0.2, -0.15) is 0 Å². The third kappa shape index (κ3) is 4.12. The molecular weight excluding hydrogens is 292 g/mol. The highest BCUT2D eigenvalue weighted by molar-refractivity contribution is 6.10. The molecule has 0 aliphatic carbocycles. The first-order valence-corrected chi connectivity index (χ1v) is 7.41. The maximum Gasteiger partial charge on any atom is 0.276 e. The number of hydrogen-bond acceptors (Lipinski definition) is 4. The van der Waals surface area contributed by atoms with Gasteiger partial charge in [-0.1, -0.05) is 18.2 Å². The molecule has 6 nitrogen and oxygen atoms in total.